The molecule has 7 nitrogen and oxygen atoms in total. The zero-order valence-corrected chi connectivity index (χ0v) is 16.0. The van der Waals surface area contributed by atoms with E-state index in [1.165, 1.54) is 18.4 Å². The Hall–Kier alpha value is -3.22. The molecule has 7 heteroatoms. The van der Waals surface area contributed by atoms with Crippen LogP contribution in [0.2, 0.25) is 0 Å². The number of nitrogens with one attached hydrogen (secondary N) is 2. The zero-order valence-electron chi connectivity index (χ0n) is 16.0. The van der Waals surface area contributed by atoms with E-state index in [0.717, 1.165) is 23.6 Å². The van der Waals surface area contributed by atoms with Crippen molar-refractivity contribution in [2.45, 2.75) is 50.2 Å². The molecule has 1 aromatic carbocycles. The van der Waals surface area contributed by atoms with Gasteiger partial charge >= 0.3 is 0 Å². The number of rotatable bonds is 6. The van der Waals surface area contributed by atoms with Gasteiger partial charge in [0.2, 0.25) is 5.91 Å². The summed E-state index contributed by atoms with van der Waals surface area (Å²) < 4.78 is 1.70. The highest BCUT2D eigenvalue weighted by Crippen LogP contribution is 2.39. The first-order valence-corrected chi connectivity index (χ1v) is 10.1. The van der Waals surface area contributed by atoms with E-state index < -0.39 is 0 Å². The molecule has 2 aliphatic rings. The summed E-state index contributed by atoms with van der Waals surface area (Å²) in [5, 5.41) is 12.2. The topological polar surface area (TPSA) is 88.9 Å². The number of hydrogen-bond acceptors (Lipinski definition) is 4. The minimum absolute atomic E-state index is 0.0384. The monoisotopic (exact) mass is 389 g/mol. The van der Waals surface area contributed by atoms with Crippen LogP contribution in [0.4, 0.5) is 0 Å². The van der Waals surface area contributed by atoms with Gasteiger partial charge in [0, 0.05) is 36.1 Å². The minimum atomic E-state index is -0.117. The van der Waals surface area contributed by atoms with Gasteiger partial charge in [-0.2, -0.15) is 5.10 Å². The Bertz CT molecular complexity index is 1060. The van der Waals surface area contributed by atoms with Gasteiger partial charge in [0.1, 0.15) is 6.54 Å². The van der Waals surface area contributed by atoms with Gasteiger partial charge in [0.15, 0.2) is 0 Å². The Labute approximate surface area is 168 Å². The molecule has 0 spiro atoms. The first kappa shape index (κ1) is 17.8. The summed E-state index contributed by atoms with van der Waals surface area (Å²) in [7, 11) is 0. The average Bonchev–Trinajstić information content (AvgIpc) is 3.45. The smallest absolute Gasteiger partial charge is 0.253 e. The molecule has 2 fully saturated rings. The van der Waals surface area contributed by atoms with Crippen LogP contribution in [-0.4, -0.2) is 38.7 Å². The molecule has 2 aliphatic carbocycles. The predicted molar refractivity (Wildman–Crippen MR) is 108 cm³/mol. The second-order valence-electron chi connectivity index (χ2n) is 8.06. The largest absolute Gasteiger partial charge is 0.352 e. The van der Waals surface area contributed by atoms with E-state index >= 15 is 0 Å². The molecular formula is C22H23N5O2. The normalized spacial score (nSPS) is 20.8. The summed E-state index contributed by atoms with van der Waals surface area (Å²) in [6.07, 6.45) is 11.1. The SMILES string of the molecule is O=C(Cn1cc(C2CC2)cn1)NC1CC(NC(=O)c2cncc3ccccc23)C1. The summed E-state index contributed by atoms with van der Waals surface area (Å²) in [4.78, 5) is 29.1. The van der Waals surface area contributed by atoms with Crippen LogP contribution in [0.5, 0.6) is 0 Å². The fraction of sp³-hybridized carbons (Fsp3) is 0.364. The number of aromatic nitrogens is 3. The lowest BCUT2D eigenvalue weighted by molar-refractivity contribution is -0.123. The van der Waals surface area contributed by atoms with Crippen molar-refractivity contribution >= 4 is 22.6 Å². The first-order chi connectivity index (χ1) is 14.2. The van der Waals surface area contributed by atoms with Crippen LogP contribution < -0.4 is 10.6 Å². The second-order valence-corrected chi connectivity index (χ2v) is 8.06. The Morgan fingerprint density at radius 1 is 1.03 bits per heavy atom. The van der Waals surface area contributed by atoms with E-state index in [1.54, 1.807) is 17.1 Å². The zero-order chi connectivity index (χ0) is 19.8. The number of amides is 2. The summed E-state index contributed by atoms with van der Waals surface area (Å²) in [5.74, 6) is 0.483. The Morgan fingerprint density at radius 3 is 2.66 bits per heavy atom. The van der Waals surface area contributed by atoms with Gasteiger partial charge < -0.3 is 10.6 Å². The van der Waals surface area contributed by atoms with Gasteiger partial charge in [0.05, 0.1) is 11.8 Å². The van der Waals surface area contributed by atoms with Gasteiger partial charge in [-0.25, -0.2) is 0 Å². The Kier molecular flexibility index (Phi) is 4.50. The minimum Gasteiger partial charge on any atom is -0.352 e. The number of nitrogens with zero attached hydrogens (tertiary/aromatic N) is 3. The van der Waals surface area contributed by atoms with Crippen molar-refractivity contribution in [1.82, 2.24) is 25.4 Å². The molecule has 0 saturated heterocycles. The first-order valence-electron chi connectivity index (χ1n) is 10.1. The number of pyridine rings is 1. The lowest BCUT2D eigenvalue weighted by Crippen LogP contribution is -2.54. The van der Waals surface area contributed by atoms with Crippen molar-refractivity contribution in [3.8, 4) is 0 Å². The summed E-state index contributed by atoms with van der Waals surface area (Å²) in [5.41, 5.74) is 1.81. The second kappa shape index (κ2) is 7.31. The highest BCUT2D eigenvalue weighted by Gasteiger charge is 2.32. The molecule has 2 aromatic heterocycles. The van der Waals surface area contributed by atoms with Gasteiger partial charge in [-0.05, 0) is 42.6 Å². The van der Waals surface area contributed by atoms with Crippen molar-refractivity contribution in [1.29, 1.82) is 0 Å². The number of carbonyl (C=O) groups excluding carboxylic acids is 2. The van der Waals surface area contributed by atoms with Crippen LogP contribution in [-0.2, 0) is 11.3 Å². The maximum absolute atomic E-state index is 12.6. The third-order valence-electron chi connectivity index (χ3n) is 5.76. The third kappa shape index (κ3) is 3.85. The van der Waals surface area contributed by atoms with Gasteiger partial charge in [-0.15, -0.1) is 0 Å². The molecule has 2 amide bonds. The molecule has 3 aromatic rings. The lowest BCUT2D eigenvalue weighted by atomic mass is 9.86. The van der Waals surface area contributed by atoms with E-state index in [0.29, 0.717) is 11.5 Å². The highest BCUT2D eigenvalue weighted by molar-refractivity contribution is 6.06. The van der Waals surface area contributed by atoms with Gasteiger partial charge in [0.25, 0.3) is 5.91 Å². The lowest BCUT2D eigenvalue weighted by Gasteiger charge is -2.36. The predicted octanol–water partition coefficient (Wildman–Crippen LogP) is 2.39. The molecule has 0 unspecified atom stereocenters. The maximum atomic E-state index is 12.6. The van der Waals surface area contributed by atoms with Crippen LogP contribution in [0, 0.1) is 0 Å². The summed E-state index contributed by atoms with van der Waals surface area (Å²) >= 11 is 0. The Balaban J connectivity index is 1.11. The quantitative estimate of drug-likeness (QED) is 0.677. The van der Waals surface area contributed by atoms with E-state index in [1.807, 2.05) is 36.7 Å². The molecule has 0 radical (unpaired) electrons. The van der Waals surface area contributed by atoms with Crippen LogP contribution in [0.25, 0.3) is 10.8 Å². The van der Waals surface area contributed by atoms with Crippen molar-refractivity contribution in [2.75, 3.05) is 0 Å². The molecule has 2 N–H and O–H groups in total. The van der Waals surface area contributed by atoms with E-state index in [-0.39, 0.29) is 30.4 Å². The van der Waals surface area contributed by atoms with Gasteiger partial charge in [-0.3, -0.25) is 19.3 Å². The van der Waals surface area contributed by atoms with Crippen LogP contribution in [0.15, 0.2) is 49.1 Å². The Morgan fingerprint density at radius 2 is 1.83 bits per heavy atom. The third-order valence-corrected chi connectivity index (χ3v) is 5.76. The molecule has 5 rings (SSSR count). The van der Waals surface area contributed by atoms with Crippen molar-refractivity contribution < 1.29 is 9.59 Å². The molecule has 0 bridgehead atoms. The van der Waals surface area contributed by atoms with Crippen molar-refractivity contribution in [3.05, 3.63) is 60.2 Å². The van der Waals surface area contributed by atoms with E-state index in [2.05, 4.69) is 20.7 Å². The summed E-state index contributed by atoms with van der Waals surface area (Å²) in [6.45, 7) is 0.238. The van der Waals surface area contributed by atoms with E-state index in [9.17, 15) is 9.59 Å². The van der Waals surface area contributed by atoms with Gasteiger partial charge in [-0.1, -0.05) is 24.3 Å². The summed E-state index contributed by atoms with van der Waals surface area (Å²) in [6, 6.07) is 7.89. The molecule has 29 heavy (non-hydrogen) atoms. The molecule has 0 aliphatic heterocycles. The van der Waals surface area contributed by atoms with Crippen LogP contribution in [0.3, 0.4) is 0 Å². The van der Waals surface area contributed by atoms with Crippen molar-refractivity contribution in [3.63, 3.8) is 0 Å². The van der Waals surface area contributed by atoms with E-state index in [4.69, 9.17) is 0 Å². The molecule has 148 valence electrons. The number of hydrogen-bond donors (Lipinski definition) is 2. The molecule has 2 saturated carbocycles. The van der Waals surface area contributed by atoms with Crippen LogP contribution in [0.1, 0.15) is 47.5 Å². The number of fused-ring (bicyclic) bond motifs is 1. The number of carbonyl (C=O) groups is 2. The van der Waals surface area contributed by atoms with Crippen molar-refractivity contribution in [2.24, 2.45) is 0 Å². The maximum Gasteiger partial charge on any atom is 0.253 e. The molecule has 0 atom stereocenters. The van der Waals surface area contributed by atoms with Crippen LogP contribution >= 0.6 is 0 Å². The average molecular weight is 389 g/mol. The molecular weight excluding hydrogens is 366 g/mol. The fourth-order valence-corrected chi connectivity index (χ4v) is 3.93. The number of benzene rings is 1. The standard InChI is InChI=1S/C22H23N5O2/c28-21(13-27-12-16(10-24-27)14-5-6-14)25-17-7-18(8-17)26-22(29)20-11-23-9-15-3-1-2-4-19(15)20/h1-4,9-12,14,17-18H,5-8,13H2,(H,25,28)(H,26,29). The highest BCUT2D eigenvalue weighted by atomic mass is 16.2. The molecule has 2 heterocycles. The fourth-order valence-electron chi connectivity index (χ4n) is 3.93.